The minimum absolute atomic E-state index is 0.715. The molecule has 5 nitrogen and oxygen atoms in total. The average molecular weight is 444 g/mol. The third-order valence-corrected chi connectivity index (χ3v) is 5.55. The number of aromatic amines is 2. The number of ether oxygens (including phenoxy) is 2. The van der Waals surface area contributed by atoms with Gasteiger partial charge in [0.2, 0.25) is 0 Å². The molecule has 0 atom stereocenters. The molecule has 1 aromatic carbocycles. The number of benzene rings is 1. The fraction of sp³-hybridized carbons (Fsp3) is 0.321. The fourth-order valence-electron chi connectivity index (χ4n) is 3.73. The summed E-state index contributed by atoms with van der Waals surface area (Å²) in [6.07, 6.45) is 14.6. The van der Waals surface area contributed by atoms with E-state index >= 15 is 0 Å². The highest BCUT2D eigenvalue weighted by Crippen LogP contribution is 2.29. The van der Waals surface area contributed by atoms with Crippen LogP contribution in [0, 0.1) is 0 Å². The lowest BCUT2D eigenvalue weighted by atomic mass is 10.1. The first-order chi connectivity index (χ1) is 16.3. The van der Waals surface area contributed by atoms with Crippen LogP contribution in [0.5, 0.6) is 11.5 Å². The minimum Gasteiger partial charge on any atom is -0.494 e. The molecule has 172 valence electrons. The van der Waals surface area contributed by atoms with E-state index in [4.69, 9.17) is 14.5 Å². The largest absolute Gasteiger partial charge is 0.494 e. The molecule has 0 radical (unpaired) electrons. The topological polar surface area (TPSA) is 62.4 Å². The van der Waals surface area contributed by atoms with Gasteiger partial charge in [0.25, 0.3) is 0 Å². The molecule has 5 heteroatoms. The Labute approximate surface area is 196 Å². The van der Waals surface area contributed by atoms with Gasteiger partial charge in [-0.1, -0.05) is 31.5 Å². The standard InChI is InChI=1S/C28H33N3O2/c1-2-3-18-33-28-21-26(25-14-10-17-29-25)31-27(28)20-23-16-15-22(30-23)11-6-5-9-19-32-24-12-7-4-8-13-24/h4,7-8,10,12-17,20-21,29,31H,2-3,5-6,9,11,18-19H2,1H3/b23-20+. The number of allylic oxidation sites excluding steroid dienone is 2. The second kappa shape index (κ2) is 12.0. The van der Waals surface area contributed by atoms with Crippen molar-refractivity contribution in [2.45, 2.75) is 45.4 Å². The monoisotopic (exact) mass is 443 g/mol. The Bertz CT molecular complexity index is 1080. The predicted molar refractivity (Wildman–Crippen MR) is 136 cm³/mol. The molecule has 0 unspecified atom stereocenters. The summed E-state index contributed by atoms with van der Waals surface area (Å²) in [5, 5.41) is 0. The zero-order chi connectivity index (χ0) is 22.7. The Morgan fingerprint density at radius 2 is 1.76 bits per heavy atom. The molecule has 2 aromatic heterocycles. The SMILES string of the molecule is CCCCOc1cc(-c2ccc[nH]2)[nH]c1/C=C1\C=CC(CCCCCOc2ccccc2)=N1. The summed E-state index contributed by atoms with van der Waals surface area (Å²) < 4.78 is 11.8. The number of unbranched alkanes of at least 4 members (excludes halogenated alkanes) is 3. The number of hydrogen-bond donors (Lipinski definition) is 2. The molecule has 1 aliphatic heterocycles. The second-order valence-electron chi connectivity index (χ2n) is 8.22. The van der Waals surface area contributed by atoms with E-state index in [1.807, 2.05) is 42.6 Å². The van der Waals surface area contributed by atoms with Crippen LogP contribution in [-0.4, -0.2) is 28.9 Å². The molecule has 3 heterocycles. The predicted octanol–water partition coefficient (Wildman–Crippen LogP) is 7.18. The maximum Gasteiger partial charge on any atom is 0.144 e. The van der Waals surface area contributed by atoms with Crippen molar-refractivity contribution in [3.63, 3.8) is 0 Å². The van der Waals surface area contributed by atoms with Crippen LogP contribution < -0.4 is 9.47 Å². The minimum atomic E-state index is 0.715. The number of nitrogens with zero attached hydrogens (tertiary/aromatic N) is 1. The van der Waals surface area contributed by atoms with Crippen LogP contribution >= 0.6 is 0 Å². The van der Waals surface area contributed by atoms with E-state index in [9.17, 15) is 0 Å². The van der Waals surface area contributed by atoms with E-state index in [1.165, 1.54) is 0 Å². The van der Waals surface area contributed by atoms with E-state index in [1.54, 1.807) is 0 Å². The molecule has 0 amide bonds. The van der Waals surface area contributed by atoms with Crippen molar-refractivity contribution in [1.82, 2.24) is 9.97 Å². The van der Waals surface area contributed by atoms with Gasteiger partial charge >= 0.3 is 0 Å². The van der Waals surface area contributed by atoms with E-state index in [0.29, 0.717) is 6.61 Å². The molecule has 0 spiro atoms. The van der Waals surface area contributed by atoms with E-state index in [2.05, 4.69) is 47.3 Å². The van der Waals surface area contributed by atoms with Crippen molar-refractivity contribution in [2.24, 2.45) is 4.99 Å². The first kappa shape index (κ1) is 22.7. The van der Waals surface area contributed by atoms with E-state index < -0.39 is 0 Å². The zero-order valence-corrected chi connectivity index (χ0v) is 19.3. The van der Waals surface area contributed by atoms with Crippen molar-refractivity contribution >= 4 is 11.8 Å². The van der Waals surface area contributed by atoms with Crippen LogP contribution in [0.2, 0.25) is 0 Å². The molecule has 1 aliphatic rings. The fourth-order valence-corrected chi connectivity index (χ4v) is 3.73. The number of hydrogen-bond acceptors (Lipinski definition) is 3. The molecule has 2 N–H and O–H groups in total. The Kier molecular flexibility index (Phi) is 8.23. The van der Waals surface area contributed by atoms with Gasteiger partial charge in [-0.2, -0.15) is 0 Å². The molecule has 3 aromatic rings. The molecule has 0 bridgehead atoms. The Balaban J connectivity index is 1.30. The Morgan fingerprint density at radius 3 is 2.58 bits per heavy atom. The maximum absolute atomic E-state index is 6.05. The van der Waals surface area contributed by atoms with Gasteiger partial charge in [-0.25, -0.2) is 0 Å². The van der Waals surface area contributed by atoms with Gasteiger partial charge in [0.15, 0.2) is 0 Å². The van der Waals surface area contributed by atoms with Crippen LogP contribution in [0.25, 0.3) is 17.5 Å². The molecular formula is C28H33N3O2. The van der Waals surface area contributed by atoms with Gasteiger partial charge in [-0.3, -0.25) is 4.99 Å². The number of aromatic nitrogens is 2. The summed E-state index contributed by atoms with van der Waals surface area (Å²) in [6, 6.07) is 16.1. The van der Waals surface area contributed by atoms with Crippen LogP contribution in [0.3, 0.4) is 0 Å². The van der Waals surface area contributed by atoms with Crippen molar-refractivity contribution in [3.05, 3.63) is 78.3 Å². The van der Waals surface area contributed by atoms with Gasteiger partial charge in [-0.05, 0) is 74.6 Å². The Morgan fingerprint density at radius 1 is 0.879 bits per heavy atom. The summed E-state index contributed by atoms with van der Waals surface area (Å²) in [5.74, 6) is 1.81. The third-order valence-electron chi connectivity index (χ3n) is 5.55. The Hall–Kier alpha value is -3.47. The van der Waals surface area contributed by atoms with Crippen molar-refractivity contribution in [1.29, 1.82) is 0 Å². The lowest BCUT2D eigenvalue weighted by Gasteiger charge is -2.05. The van der Waals surface area contributed by atoms with E-state index in [-0.39, 0.29) is 0 Å². The molecule has 4 rings (SSSR count). The second-order valence-corrected chi connectivity index (χ2v) is 8.22. The third kappa shape index (κ3) is 6.75. The number of para-hydroxylation sites is 1. The first-order valence-electron chi connectivity index (χ1n) is 12.0. The maximum atomic E-state index is 6.05. The summed E-state index contributed by atoms with van der Waals surface area (Å²) in [5.41, 5.74) is 5.11. The lowest BCUT2D eigenvalue weighted by molar-refractivity contribution is 0.305. The van der Waals surface area contributed by atoms with Crippen molar-refractivity contribution in [2.75, 3.05) is 13.2 Å². The van der Waals surface area contributed by atoms with Crippen LogP contribution in [0.1, 0.15) is 51.1 Å². The molecule has 0 aliphatic carbocycles. The number of rotatable bonds is 13. The summed E-state index contributed by atoms with van der Waals surface area (Å²) in [7, 11) is 0. The average Bonchev–Trinajstić information content (AvgIpc) is 3.59. The first-order valence-corrected chi connectivity index (χ1v) is 12.0. The van der Waals surface area contributed by atoms with Crippen LogP contribution in [0.15, 0.2) is 77.6 Å². The van der Waals surface area contributed by atoms with Gasteiger partial charge < -0.3 is 19.4 Å². The summed E-state index contributed by atoms with van der Waals surface area (Å²) in [4.78, 5) is 11.5. The summed E-state index contributed by atoms with van der Waals surface area (Å²) >= 11 is 0. The highest BCUT2D eigenvalue weighted by Gasteiger charge is 2.12. The smallest absolute Gasteiger partial charge is 0.144 e. The van der Waals surface area contributed by atoms with Gasteiger partial charge in [0.1, 0.15) is 11.5 Å². The normalized spacial score (nSPS) is 14.1. The summed E-state index contributed by atoms with van der Waals surface area (Å²) in [6.45, 7) is 3.64. The van der Waals surface area contributed by atoms with Crippen molar-refractivity contribution in [3.8, 4) is 22.9 Å². The zero-order valence-electron chi connectivity index (χ0n) is 19.3. The molecular weight excluding hydrogens is 410 g/mol. The van der Waals surface area contributed by atoms with E-state index in [0.717, 1.165) is 85.1 Å². The van der Waals surface area contributed by atoms with Crippen molar-refractivity contribution < 1.29 is 9.47 Å². The van der Waals surface area contributed by atoms with Gasteiger partial charge in [0, 0.05) is 18.0 Å². The quantitative estimate of drug-likeness (QED) is 0.275. The van der Waals surface area contributed by atoms with Crippen LogP contribution in [0.4, 0.5) is 0 Å². The van der Waals surface area contributed by atoms with Gasteiger partial charge in [0.05, 0.1) is 36.0 Å². The lowest BCUT2D eigenvalue weighted by Crippen LogP contribution is -1.98. The number of H-pyrrole nitrogens is 2. The highest BCUT2D eigenvalue weighted by molar-refractivity contribution is 5.99. The van der Waals surface area contributed by atoms with Crippen LogP contribution in [-0.2, 0) is 0 Å². The molecule has 33 heavy (non-hydrogen) atoms. The number of aliphatic imine (C=N–C) groups is 1. The highest BCUT2D eigenvalue weighted by atomic mass is 16.5. The van der Waals surface area contributed by atoms with Gasteiger partial charge in [-0.15, -0.1) is 0 Å². The number of nitrogens with one attached hydrogen (secondary N) is 2. The molecule has 0 saturated heterocycles. The molecule has 0 saturated carbocycles. The molecule has 0 fully saturated rings.